The fraction of sp³-hybridized carbons (Fsp3) is 0.571. The summed E-state index contributed by atoms with van der Waals surface area (Å²) < 4.78 is 0. The van der Waals surface area contributed by atoms with Crippen LogP contribution in [0, 0.1) is 0 Å². The molecule has 0 saturated carbocycles. The van der Waals surface area contributed by atoms with Gasteiger partial charge in [0, 0.05) is 12.0 Å². The molecule has 2 nitrogen and oxygen atoms in total. The molecule has 0 amide bonds. The fourth-order valence-corrected chi connectivity index (χ4v) is 2.95. The fourth-order valence-electron chi connectivity index (χ4n) is 2.15. The van der Waals surface area contributed by atoms with Gasteiger partial charge in [0.05, 0.1) is 6.10 Å². The van der Waals surface area contributed by atoms with E-state index in [0.717, 1.165) is 23.5 Å². The Bertz CT molecular complexity index is 315. The molecule has 1 aromatic carbocycles. The minimum atomic E-state index is -0.424. The molecule has 0 aliphatic carbocycles. The SMILES string of the molecule is CCSCCC(CN)(c1ccccc1)C(C)O. The second kappa shape index (κ2) is 7.04. The number of benzene rings is 1. The first-order chi connectivity index (χ1) is 8.17. The van der Waals surface area contributed by atoms with Crippen LogP contribution in [0.2, 0.25) is 0 Å². The van der Waals surface area contributed by atoms with Crippen LogP contribution < -0.4 is 5.73 Å². The normalized spacial score (nSPS) is 16.5. The zero-order valence-electron chi connectivity index (χ0n) is 10.7. The van der Waals surface area contributed by atoms with E-state index in [-0.39, 0.29) is 5.41 Å². The quantitative estimate of drug-likeness (QED) is 0.734. The Hall–Kier alpha value is -0.510. The number of nitrogens with two attached hydrogens (primary N) is 1. The van der Waals surface area contributed by atoms with Crippen molar-refractivity contribution in [1.29, 1.82) is 0 Å². The molecule has 0 aliphatic heterocycles. The molecule has 2 unspecified atom stereocenters. The topological polar surface area (TPSA) is 46.2 Å². The number of rotatable bonds is 7. The minimum Gasteiger partial charge on any atom is -0.392 e. The molecule has 2 atom stereocenters. The van der Waals surface area contributed by atoms with Gasteiger partial charge in [0.2, 0.25) is 0 Å². The third-order valence-corrected chi connectivity index (χ3v) is 4.31. The van der Waals surface area contributed by atoms with Crippen molar-refractivity contribution in [3.63, 3.8) is 0 Å². The van der Waals surface area contributed by atoms with Gasteiger partial charge >= 0.3 is 0 Å². The van der Waals surface area contributed by atoms with Crippen molar-refractivity contribution >= 4 is 11.8 Å². The summed E-state index contributed by atoms with van der Waals surface area (Å²) in [5.74, 6) is 2.14. The minimum absolute atomic E-state index is 0.302. The first kappa shape index (κ1) is 14.6. The van der Waals surface area contributed by atoms with Gasteiger partial charge in [0.25, 0.3) is 0 Å². The highest BCUT2D eigenvalue weighted by atomic mass is 32.2. The van der Waals surface area contributed by atoms with Gasteiger partial charge in [-0.1, -0.05) is 37.3 Å². The van der Waals surface area contributed by atoms with Gasteiger partial charge in [-0.15, -0.1) is 0 Å². The molecule has 96 valence electrons. The van der Waals surface area contributed by atoms with Gasteiger partial charge in [0.1, 0.15) is 0 Å². The van der Waals surface area contributed by atoms with E-state index in [1.807, 2.05) is 36.9 Å². The smallest absolute Gasteiger partial charge is 0.0621 e. The van der Waals surface area contributed by atoms with E-state index in [9.17, 15) is 5.11 Å². The summed E-state index contributed by atoms with van der Waals surface area (Å²) in [6.45, 7) is 4.48. The van der Waals surface area contributed by atoms with Gasteiger partial charge in [-0.2, -0.15) is 11.8 Å². The molecule has 0 spiro atoms. The third-order valence-electron chi connectivity index (χ3n) is 3.41. The monoisotopic (exact) mass is 253 g/mol. The summed E-state index contributed by atoms with van der Waals surface area (Å²) in [6, 6.07) is 10.1. The van der Waals surface area contributed by atoms with Crippen molar-refractivity contribution in [2.45, 2.75) is 31.8 Å². The molecule has 0 aromatic heterocycles. The van der Waals surface area contributed by atoms with Crippen LogP contribution in [0.25, 0.3) is 0 Å². The van der Waals surface area contributed by atoms with Gasteiger partial charge in [-0.25, -0.2) is 0 Å². The summed E-state index contributed by atoms with van der Waals surface area (Å²) in [4.78, 5) is 0. The van der Waals surface area contributed by atoms with Crippen LogP contribution in [0.5, 0.6) is 0 Å². The lowest BCUT2D eigenvalue weighted by Crippen LogP contribution is -2.45. The molecule has 0 heterocycles. The van der Waals surface area contributed by atoms with E-state index < -0.39 is 6.10 Å². The number of hydrogen-bond donors (Lipinski definition) is 2. The Kier molecular flexibility index (Phi) is 6.03. The lowest BCUT2D eigenvalue weighted by Gasteiger charge is -2.36. The second-order valence-electron chi connectivity index (χ2n) is 4.35. The van der Waals surface area contributed by atoms with Gasteiger partial charge in [-0.3, -0.25) is 0 Å². The Balaban J connectivity index is 2.92. The van der Waals surface area contributed by atoms with E-state index in [1.165, 1.54) is 0 Å². The van der Waals surface area contributed by atoms with E-state index in [4.69, 9.17) is 5.73 Å². The highest BCUT2D eigenvalue weighted by molar-refractivity contribution is 7.99. The second-order valence-corrected chi connectivity index (χ2v) is 5.74. The molecule has 3 heteroatoms. The Morgan fingerprint density at radius 3 is 2.47 bits per heavy atom. The summed E-state index contributed by atoms with van der Waals surface area (Å²) >= 11 is 1.90. The molecule has 1 rings (SSSR count). The summed E-state index contributed by atoms with van der Waals surface area (Å²) in [7, 11) is 0. The maximum absolute atomic E-state index is 10.1. The van der Waals surface area contributed by atoms with Crippen molar-refractivity contribution in [1.82, 2.24) is 0 Å². The molecular formula is C14H23NOS. The first-order valence-corrected chi connectivity index (χ1v) is 7.34. The average Bonchev–Trinajstić information content (AvgIpc) is 2.36. The lowest BCUT2D eigenvalue weighted by atomic mass is 9.74. The number of aliphatic hydroxyl groups is 1. The van der Waals surface area contributed by atoms with Crippen molar-refractivity contribution in [3.8, 4) is 0 Å². The molecule has 3 N–H and O–H groups in total. The molecule has 0 fully saturated rings. The maximum Gasteiger partial charge on any atom is 0.0621 e. The molecule has 0 bridgehead atoms. The Morgan fingerprint density at radius 2 is 2.00 bits per heavy atom. The molecule has 17 heavy (non-hydrogen) atoms. The molecule has 1 aromatic rings. The van der Waals surface area contributed by atoms with Crippen LogP contribution >= 0.6 is 11.8 Å². The predicted octanol–water partition coefficient (Wildman–Crippen LogP) is 2.41. The van der Waals surface area contributed by atoms with Crippen LogP contribution in [0.15, 0.2) is 30.3 Å². The summed E-state index contributed by atoms with van der Waals surface area (Å²) in [5.41, 5.74) is 6.80. The largest absolute Gasteiger partial charge is 0.392 e. The predicted molar refractivity (Wildman–Crippen MR) is 76.5 cm³/mol. The van der Waals surface area contributed by atoms with Crippen molar-refractivity contribution in [2.24, 2.45) is 5.73 Å². The highest BCUT2D eigenvalue weighted by Crippen LogP contribution is 2.32. The lowest BCUT2D eigenvalue weighted by molar-refractivity contribution is 0.0983. The van der Waals surface area contributed by atoms with Gasteiger partial charge < -0.3 is 10.8 Å². The van der Waals surface area contributed by atoms with E-state index >= 15 is 0 Å². The maximum atomic E-state index is 10.1. The van der Waals surface area contributed by atoms with Gasteiger partial charge in [-0.05, 0) is 30.4 Å². The van der Waals surface area contributed by atoms with Crippen LogP contribution in [-0.2, 0) is 5.41 Å². The molecule has 0 saturated heterocycles. The van der Waals surface area contributed by atoms with E-state index in [1.54, 1.807) is 0 Å². The molecule has 0 radical (unpaired) electrons. The van der Waals surface area contributed by atoms with Crippen molar-refractivity contribution in [3.05, 3.63) is 35.9 Å². The van der Waals surface area contributed by atoms with Crippen LogP contribution in [0.1, 0.15) is 25.8 Å². The zero-order valence-corrected chi connectivity index (χ0v) is 11.5. The number of aliphatic hydroxyl groups excluding tert-OH is 1. The number of hydrogen-bond acceptors (Lipinski definition) is 3. The standard InChI is InChI=1S/C14H23NOS/c1-3-17-10-9-14(11-15,12(2)16)13-7-5-4-6-8-13/h4-8,12,16H,3,9-11,15H2,1-2H3. The van der Waals surface area contributed by atoms with Crippen LogP contribution in [-0.4, -0.2) is 29.3 Å². The molecule has 0 aliphatic rings. The van der Waals surface area contributed by atoms with Crippen molar-refractivity contribution in [2.75, 3.05) is 18.1 Å². The summed E-state index contributed by atoms with van der Waals surface area (Å²) in [6.07, 6.45) is 0.497. The van der Waals surface area contributed by atoms with Crippen LogP contribution in [0.4, 0.5) is 0 Å². The first-order valence-electron chi connectivity index (χ1n) is 6.18. The zero-order chi connectivity index (χ0) is 12.7. The molecular weight excluding hydrogens is 230 g/mol. The summed E-state index contributed by atoms with van der Waals surface area (Å²) in [5, 5.41) is 10.1. The Labute approximate surface area is 109 Å². The van der Waals surface area contributed by atoms with E-state index in [2.05, 4.69) is 19.1 Å². The van der Waals surface area contributed by atoms with Gasteiger partial charge in [0.15, 0.2) is 0 Å². The highest BCUT2D eigenvalue weighted by Gasteiger charge is 2.35. The Morgan fingerprint density at radius 1 is 1.35 bits per heavy atom. The average molecular weight is 253 g/mol. The van der Waals surface area contributed by atoms with Crippen LogP contribution in [0.3, 0.4) is 0 Å². The number of thioether (sulfide) groups is 1. The third kappa shape index (κ3) is 3.47. The van der Waals surface area contributed by atoms with Crippen molar-refractivity contribution < 1.29 is 5.11 Å². The van der Waals surface area contributed by atoms with E-state index in [0.29, 0.717) is 6.54 Å².